The van der Waals surface area contributed by atoms with Gasteiger partial charge in [0.15, 0.2) is 0 Å². The molecule has 0 bridgehead atoms. The number of hydrogen-bond donors (Lipinski definition) is 2. The van der Waals surface area contributed by atoms with Gasteiger partial charge in [0.25, 0.3) is 0 Å². The molecule has 0 radical (unpaired) electrons. The first-order chi connectivity index (χ1) is 9.71. The number of imide groups is 1. The fourth-order valence-electron chi connectivity index (χ4n) is 1.50. The van der Waals surface area contributed by atoms with Crippen LogP contribution in [0.1, 0.15) is 27.7 Å². The smallest absolute Gasteiger partial charge is 0.321 e. The number of rotatable bonds is 4. The molecule has 0 spiro atoms. The minimum atomic E-state index is -0.477. The van der Waals surface area contributed by atoms with E-state index in [0.717, 1.165) is 10.6 Å². The van der Waals surface area contributed by atoms with Gasteiger partial charge in [-0.2, -0.15) is 0 Å². The summed E-state index contributed by atoms with van der Waals surface area (Å²) in [5.74, 6) is 0.443. The minimum absolute atomic E-state index is 0.322. The van der Waals surface area contributed by atoms with E-state index in [9.17, 15) is 9.59 Å². The van der Waals surface area contributed by atoms with Crippen molar-refractivity contribution >= 4 is 23.7 Å². The SMILES string of the molecule is COc1ccc(SC(C)C(=O)NC(=O)NC(C)(C)C)cc1. The van der Waals surface area contributed by atoms with Crippen LogP contribution < -0.4 is 15.4 Å². The van der Waals surface area contributed by atoms with Crippen LogP contribution in [-0.2, 0) is 4.79 Å². The van der Waals surface area contributed by atoms with Crippen molar-refractivity contribution in [1.29, 1.82) is 0 Å². The van der Waals surface area contributed by atoms with Crippen molar-refractivity contribution in [2.24, 2.45) is 0 Å². The molecule has 1 aromatic carbocycles. The highest BCUT2D eigenvalue weighted by molar-refractivity contribution is 8.00. The van der Waals surface area contributed by atoms with Crippen LogP contribution in [0.15, 0.2) is 29.2 Å². The molecule has 5 nitrogen and oxygen atoms in total. The number of hydrogen-bond acceptors (Lipinski definition) is 4. The fourth-order valence-corrected chi connectivity index (χ4v) is 2.36. The summed E-state index contributed by atoms with van der Waals surface area (Å²) >= 11 is 1.38. The molecule has 3 amide bonds. The summed E-state index contributed by atoms with van der Waals surface area (Å²) in [5.41, 5.74) is -0.378. The van der Waals surface area contributed by atoms with Gasteiger partial charge in [0.2, 0.25) is 5.91 Å². The first-order valence-corrected chi connectivity index (χ1v) is 7.53. The molecule has 21 heavy (non-hydrogen) atoms. The van der Waals surface area contributed by atoms with Crippen molar-refractivity contribution in [1.82, 2.24) is 10.6 Å². The number of carbonyl (C=O) groups is 2. The van der Waals surface area contributed by atoms with Crippen LogP contribution in [0, 0.1) is 0 Å². The summed E-state index contributed by atoms with van der Waals surface area (Å²) in [6.07, 6.45) is 0. The molecular weight excluding hydrogens is 288 g/mol. The second-order valence-electron chi connectivity index (χ2n) is 5.63. The molecule has 0 aromatic heterocycles. The number of thioether (sulfide) groups is 1. The van der Waals surface area contributed by atoms with Crippen LogP contribution in [0.25, 0.3) is 0 Å². The molecule has 0 heterocycles. The molecule has 1 unspecified atom stereocenters. The highest BCUT2D eigenvalue weighted by atomic mass is 32.2. The van der Waals surface area contributed by atoms with Gasteiger partial charge in [0.05, 0.1) is 12.4 Å². The maximum Gasteiger partial charge on any atom is 0.321 e. The lowest BCUT2D eigenvalue weighted by Gasteiger charge is -2.21. The Kier molecular flexibility index (Phi) is 6.08. The van der Waals surface area contributed by atoms with Crippen LogP contribution in [0.2, 0.25) is 0 Å². The molecule has 0 fully saturated rings. The third-order valence-electron chi connectivity index (χ3n) is 2.47. The van der Waals surface area contributed by atoms with Gasteiger partial charge in [-0.3, -0.25) is 10.1 Å². The van der Waals surface area contributed by atoms with Crippen LogP contribution >= 0.6 is 11.8 Å². The van der Waals surface area contributed by atoms with Crippen LogP contribution in [0.5, 0.6) is 5.75 Å². The summed E-state index contributed by atoms with van der Waals surface area (Å²) in [4.78, 5) is 24.5. The van der Waals surface area contributed by atoms with E-state index in [-0.39, 0.29) is 16.7 Å². The Hall–Kier alpha value is -1.69. The lowest BCUT2D eigenvalue weighted by Crippen LogP contribution is -2.49. The molecule has 6 heteroatoms. The third kappa shape index (κ3) is 6.53. The molecule has 0 aliphatic heterocycles. The first kappa shape index (κ1) is 17.4. The van der Waals surface area contributed by atoms with E-state index in [1.54, 1.807) is 14.0 Å². The largest absolute Gasteiger partial charge is 0.497 e. The second-order valence-corrected chi connectivity index (χ2v) is 7.04. The Labute approximate surface area is 129 Å². The number of carbonyl (C=O) groups excluding carboxylic acids is 2. The normalized spacial score (nSPS) is 12.4. The number of nitrogens with one attached hydrogen (secondary N) is 2. The van der Waals surface area contributed by atoms with E-state index in [1.165, 1.54) is 11.8 Å². The Morgan fingerprint density at radius 3 is 2.24 bits per heavy atom. The molecule has 0 aliphatic carbocycles. The molecule has 0 saturated carbocycles. The Morgan fingerprint density at radius 2 is 1.76 bits per heavy atom. The monoisotopic (exact) mass is 310 g/mol. The standard InChI is InChI=1S/C15H22N2O3S/c1-10(13(18)16-14(19)17-15(2,3)4)21-12-8-6-11(20-5)7-9-12/h6-10H,1-5H3,(H2,16,17,18,19). The number of amides is 3. The van der Waals surface area contributed by atoms with Gasteiger partial charge in [-0.15, -0.1) is 11.8 Å². The quantitative estimate of drug-likeness (QED) is 0.839. The number of urea groups is 1. The number of ether oxygens (including phenoxy) is 1. The summed E-state index contributed by atoms with van der Waals surface area (Å²) < 4.78 is 5.08. The van der Waals surface area contributed by atoms with E-state index < -0.39 is 6.03 Å². The number of benzene rings is 1. The van der Waals surface area contributed by atoms with Crippen molar-refractivity contribution in [3.63, 3.8) is 0 Å². The molecule has 1 rings (SSSR count). The summed E-state index contributed by atoms with van der Waals surface area (Å²) in [6, 6.07) is 6.94. The van der Waals surface area contributed by atoms with Crippen molar-refractivity contribution in [3.05, 3.63) is 24.3 Å². The Balaban J connectivity index is 2.52. The van der Waals surface area contributed by atoms with E-state index in [1.807, 2.05) is 45.0 Å². The van der Waals surface area contributed by atoms with E-state index in [2.05, 4.69) is 10.6 Å². The summed E-state index contributed by atoms with van der Waals surface area (Å²) in [6.45, 7) is 7.32. The predicted molar refractivity (Wildman–Crippen MR) is 84.7 cm³/mol. The third-order valence-corrected chi connectivity index (χ3v) is 3.58. The average molecular weight is 310 g/mol. The molecule has 0 aliphatic rings. The zero-order valence-corrected chi connectivity index (χ0v) is 13.8. The molecule has 2 N–H and O–H groups in total. The lowest BCUT2D eigenvalue weighted by atomic mass is 10.1. The molecule has 1 atom stereocenters. The minimum Gasteiger partial charge on any atom is -0.497 e. The highest BCUT2D eigenvalue weighted by Gasteiger charge is 2.20. The zero-order valence-electron chi connectivity index (χ0n) is 13.0. The topological polar surface area (TPSA) is 67.4 Å². The highest BCUT2D eigenvalue weighted by Crippen LogP contribution is 2.25. The molecule has 1 aromatic rings. The summed E-state index contributed by atoms with van der Waals surface area (Å²) in [5, 5.41) is 4.66. The van der Waals surface area contributed by atoms with Gasteiger partial charge in [-0.1, -0.05) is 0 Å². The van der Waals surface area contributed by atoms with Crippen molar-refractivity contribution in [2.45, 2.75) is 43.4 Å². The molecule has 116 valence electrons. The Bertz CT molecular complexity index is 495. The maximum absolute atomic E-state index is 11.9. The van der Waals surface area contributed by atoms with Crippen LogP contribution in [0.4, 0.5) is 4.79 Å². The zero-order chi connectivity index (χ0) is 16.0. The van der Waals surface area contributed by atoms with E-state index >= 15 is 0 Å². The molecular formula is C15H22N2O3S. The second kappa shape index (κ2) is 7.36. The van der Waals surface area contributed by atoms with E-state index in [4.69, 9.17) is 4.74 Å². The maximum atomic E-state index is 11.9. The van der Waals surface area contributed by atoms with Gasteiger partial charge < -0.3 is 10.1 Å². The fraction of sp³-hybridized carbons (Fsp3) is 0.467. The average Bonchev–Trinajstić information content (AvgIpc) is 2.37. The van der Waals surface area contributed by atoms with Crippen LogP contribution in [-0.4, -0.2) is 29.8 Å². The number of methoxy groups -OCH3 is 1. The van der Waals surface area contributed by atoms with Crippen molar-refractivity contribution in [3.8, 4) is 5.75 Å². The van der Waals surface area contributed by atoms with Crippen molar-refractivity contribution in [2.75, 3.05) is 7.11 Å². The van der Waals surface area contributed by atoms with Gasteiger partial charge in [-0.05, 0) is 52.0 Å². The summed E-state index contributed by atoms with van der Waals surface area (Å²) in [7, 11) is 1.60. The van der Waals surface area contributed by atoms with Gasteiger partial charge in [0.1, 0.15) is 5.75 Å². The lowest BCUT2D eigenvalue weighted by molar-refractivity contribution is -0.119. The van der Waals surface area contributed by atoms with Crippen molar-refractivity contribution < 1.29 is 14.3 Å². The van der Waals surface area contributed by atoms with E-state index in [0.29, 0.717) is 0 Å². The predicted octanol–water partition coefficient (Wildman–Crippen LogP) is 2.80. The first-order valence-electron chi connectivity index (χ1n) is 6.65. The van der Waals surface area contributed by atoms with Gasteiger partial charge in [-0.25, -0.2) is 4.79 Å². The van der Waals surface area contributed by atoms with Crippen LogP contribution in [0.3, 0.4) is 0 Å². The Morgan fingerprint density at radius 1 is 1.19 bits per heavy atom. The molecule has 0 saturated heterocycles. The van der Waals surface area contributed by atoms with Gasteiger partial charge in [0, 0.05) is 10.4 Å². The van der Waals surface area contributed by atoms with Gasteiger partial charge >= 0.3 is 6.03 Å².